The number of carbonyl (C=O) groups excluding carboxylic acids is 2. The third kappa shape index (κ3) is 3.71. The number of rotatable bonds is 4. The minimum absolute atomic E-state index is 0.161. The molecule has 0 radical (unpaired) electrons. The highest BCUT2D eigenvalue weighted by atomic mass is 16.2. The molecule has 0 atom stereocenters. The Kier molecular flexibility index (Phi) is 5.27. The van der Waals surface area contributed by atoms with Crippen LogP contribution in [0, 0.1) is 20.8 Å². The Morgan fingerprint density at radius 2 is 1.48 bits per heavy atom. The van der Waals surface area contributed by atoms with Crippen LogP contribution in [-0.2, 0) is 16.1 Å². The molecule has 2 aliphatic heterocycles. The second-order valence-corrected chi connectivity index (χ2v) is 8.25. The zero-order chi connectivity index (χ0) is 20.5. The van der Waals surface area contributed by atoms with Gasteiger partial charge in [-0.15, -0.1) is 0 Å². The molecule has 2 aromatic carbocycles. The van der Waals surface area contributed by atoms with Crippen LogP contribution in [0.2, 0.25) is 0 Å². The van der Waals surface area contributed by atoms with Crippen LogP contribution >= 0.6 is 0 Å². The van der Waals surface area contributed by atoms with Crippen molar-refractivity contribution in [2.45, 2.75) is 46.6 Å². The largest absolute Gasteiger partial charge is 0.366 e. The van der Waals surface area contributed by atoms with Gasteiger partial charge in [0.2, 0.25) is 0 Å². The lowest BCUT2D eigenvalue weighted by Crippen LogP contribution is -2.36. The highest BCUT2D eigenvalue weighted by Crippen LogP contribution is 2.34. The van der Waals surface area contributed by atoms with E-state index >= 15 is 0 Å². The van der Waals surface area contributed by atoms with Gasteiger partial charge < -0.3 is 4.90 Å². The molecule has 1 fully saturated rings. The molecule has 2 aliphatic rings. The van der Waals surface area contributed by atoms with Gasteiger partial charge in [-0.3, -0.25) is 14.5 Å². The van der Waals surface area contributed by atoms with Crippen molar-refractivity contribution < 1.29 is 9.59 Å². The first-order valence-electron chi connectivity index (χ1n) is 10.4. The summed E-state index contributed by atoms with van der Waals surface area (Å²) in [4.78, 5) is 30.4. The third-order valence-corrected chi connectivity index (χ3v) is 6.07. The molecular formula is C25H28N2O2. The van der Waals surface area contributed by atoms with Crippen LogP contribution < -0.4 is 0 Å². The maximum atomic E-state index is 13.5. The number of piperidine rings is 1. The maximum absolute atomic E-state index is 13.5. The maximum Gasteiger partial charge on any atom is 0.278 e. The Labute approximate surface area is 172 Å². The summed E-state index contributed by atoms with van der Waals surface area (Å²) in [5, 5.41) is 0. The van der Waals surface area contributed by atoms with Crippen LogP contribution in [0.25, 0.3) is 5.57 Å². The number of hydrogen-bond donors (Lipinski definition) is 0. The summed E-state index contributed by atoms with van der Waals surface area (Å²) in [5.41, 5.74) is 6.44. The molecule has 4 nitrogen and oxygen atoms in total. The number of amides is 2. The standard InChI is InChI=1S/C25H28N2O2/c1-17-7-10-20(11-8-17)16-27-24(28)22(21-12-9-18(2)19(3)15-21)23(25(27)29)26-13-5-4-6-14-26/h7-12,15H,4-6,13-14,16H2,1-3H3. The predicted octanol–water partition coefficient (Wildman–Crippen LogP) is 4.38. The lowest BCUT2D eigenvalue weighted by molar-refractivity contribution is -0.138. The fraction of sp³-hybridized carbons (Fsp3) is 0.360. The topological polar surface area (TPSA) is 40.6 Å². The Morgan fingerprint density at radius 3 is 2.14 bits per heavy atom. The van der Waals surface area contributed by atoms with Crippen LogP contribution in [0.3, 0.4) is 0 Å². The molecule has 0 unspecified atom stereocenters. The molecule has 4 rings (SSSR count). The van der Waals surface area contributed by atoms with Crippen molar-refractivity contribution in [3.05, 3.63) is 76.0 Å². The van der Waals surface area contributed by atoms with Gasteiger partial charge in [-0.25, -0.2) is 0 Å². The van der Waals surface area contributed by atoms with Crippen LogP contribution in [0.1, 0.15) is 47.1 Å². The highest BCUT2D eigenvalue weighted by molar-refractivity contribution is 6.35. The van der Waals surface area contributed by atoms with Gasteiger partial charge in [-0.05, 0) is 62.3 Å². The van der Waals surface area contributed by atoms with E-state index < -0.39 is 0 Å². The van der Waals surface area contributed by atoms with E-state index in [-0.39, 0.29) is 11.8 Å². The third-order valence-electron chi connectivity index (χ3n) is 6.07. The van der Waals surface area contributed by atoms with Crippen molar-refractivity contribution in [1.82, 2.24) is 9.80 Å². The zero-order valence-corrected chi connectivity index (χ0v) is 17.5. The van der Waals surface area contributed by atoms with Gasteiger partial charge in [-0.2, -0.15) is 0 Å². The summed E-state index contributed by atoms with van der Waals surface area (Å²) < 4.78 is 0. The average Bonchev–Trinajstić information content (AvgIpc) is 2.97. The summed E-state index contributed by atoms with van der Waals surface area (Å²) in [7, 11) is 0. The van der Waals surface area contributed by atoms with Crippen molar-refractivity contribution in [3.8, 4) is 0 Å². The summed E-state index contributed by atoms with van der Waals surface area (Å²) in [5.74, 6) is -0.342. The zero-order valence-electron chi connectivity index (χ0n) is 17.5. The fourth-order valence-electron chi connectivity index (χ4n) is 4.15. The van der Waals surface area contributed by atoms with Crippen LogP contribution in [0.4, 0.5) is 0 Å². The minimum Gasteiger partial charge on any atom is -0.366 e. The Bertz CT molecular complexity index is 982. The van der Waals surface area contributed by atoms with Gasteiger partial charge in [-0.1, -0.05) is 48.0 Å². The number of imide groups is 1. The van der Waals surface area contributed by atoms with Crippen molar-refractivity contribution in [1.29, 1.82) is 0 Å². The lowest BCUT2D eigenvalue weighted by atomic mass is 9.98. The normalized spacial score (nSPS) is 17.5. The first-order chi connectivity index (χ1) is 14.0. The summed E-state index contributed by atoms with van der Waals surface area (Å²) >= 11 is 0. The first kappa shape index (κ1) is 19.4. The smallest absolute Gasteiger partial charge is 0.278 e. The summed E-state index contributed by atoms with van der Waals surface area (Å²) in [6.45, 7) is 8.12. The molecular weight excluding hydrogens is 360 g/mol. The molecule has 2 aromatic rings. The Morgan fingerprint density at radius 1 is 0.793 bits per heavy atom. The van der Waals surface area contributed by atoms with E-state index in [9.17, 15) is 9.59 Å². The summed E-state index contributed by atoms with van der Waals surface area (Å²) in [6, 6.07) is 14.1. The number of carbonyl (C=O) groups is 2. The number of nitrogens with zero attached hydrogens (tertiary/aromatic N) is 2. The minimum atomic E-state index is -0.181. The van der Waals surface area contributed by atoms with Crippen molar-refractivity contribution in [2.24, 2.45) is 0 Å². The van der Waals surface area contributed by atoms with E-state index in [2.05, 4.69) is 11.8 Å². The highest BCUT2D eigenvalue weighted by Gasteiger charge is 2.41. The molecule has 0 saturated carbocycles. The lowest BCUT2D eigenvalue weighted by Gasteiger charge is -2.29. The Balaban J connectivity index is 1.74. The average molecular weight is 389 g/mol. The van der Waals surface area contributed by atoms with Crippen LogP contribution in [0.15, 0.2) is 48.2 Å². The van der Waals surface area contributed by atoms with E-state index in [1.807, 2.05) is 56.3 Å². The molecule has 4 heteroatoms. The van der Waals surface area contributed by atoms with E-state index in [0.29, 0.717) is 17.8 Å². The van der Waals surface area contributed by atoms with Crippen molar-refractivity contribution >= 4 is 17.4 Å². The molecule has 29 heavy (non-hydrogen) atoms. The number of aryl methyl sites for hydroxylation is 3. The Hall–Kier alpha value is -2.88. The fourth-order valence-corrected chi connectivity index (χ4v) is 4.15. The van der Waals surface area contributed by atoms with E-state index in [1.54, 1.807) is 0 Å². The SMILES string of the molecule is Cc1ccc(CN2C(=O)C(c3ccc(C)c(C)c3)=C(N3CCCCC3)C2=O)cc1. The molecule has 0 spiro atoms. The number of likely N-dealkylation sites (tertiary alicyclic amines) is 1. The van der Waals surface area contributed by atoms with Gasteiger partial charge in [0.25, 0.3) is 11.8 Å². The van der Waals surface area contributed by atoms with Crippen LogP contribution in [-0.4, -0.2) is 34.7 Å². The number of benzene rings is 2. The van der Waals surface area contributed by atoms with Gasteiger partial charge in [0, 0.05) is 13.1 Å². The summed E-state index contributed by atoms with van der Waals surface area (Å²) in [6.07, 6.45) is 3.30. The predicted molar refractivity (Wildman–Crippen MR) is 115 cm³/mol. The van der Waals surface area contributed by atoms with Crippen molar-refractivity contribution in [3.63, 3.8) is 0 Å². The molecule has 0 aliphatic carbocycles. The van der Waals surface area contributed by atoms with Gasteiger partial charge in [0.05, 0.1) is 12.1 Å². The van der Waals surface area contributed by atoms with Crippen molar-refractivity contribution in [2.75, 3.05) is 13.1 Å². The van der Waals surface area contributed by atoms with Gasteiger partial charge in [0.15, 0.2) is 0 Å². The quantitative estimate of drug-likeness (QED) is 0.730. The molecule has 2 amide bonds. The van der Waals surface area contributed by atoms with Gasteiger partial charge in [0.1, 0.15) is 5.70 Å². The molecule has 0 aromatic heterocycles. The second kappa shape index (κ2) is 7.86. The molecule has 2 heterocycles. The van der Waals surface area contributed by atoms with Gasteiger partial charge >= 0.3 is 0 Å². The molecule has 1 saturated heterocycles. The van der Waals surface area contributed by atoms with Crippen LogP contribution in [0.5, 0.6) is 0 Å². The second-order valence-electron chi connectivity index (χ2n) is 8.25. The monoisotopic (exact) mass is 388 g/mol. The van der Waals surface area contributed by atoms with E-state index in [1.165, 1.54) is 16.9 Å². The molecule has 0 bridgehead atoms. The van der Waals surface area contributed by atoms with E-state index in [4.69, 9.17) is 0 Å². The molecule has 150 valence electrons. The molecule has 0 N–H and O–H groups in total. The van der Waals surface area contributed by atoms with E-state index in [0.717, 1.165) is 48.2 Å². The first-order valence-corrected chi connectivity index (χ1v) is 10.4. The number of hydrogen-bond acceptors (Lipinski definition) is 3.